The molecule has 1 heterocycles. The summed E-state index contributed by atoms with van der Waals surface area (Å²) in [6.45, 7) is 11.1. The molecule has 4 atom stereocenters. The van der Waals surface area contributed by atoms with Gasteiger partial charge in [0.15, 0.2) is 0 Å². The first-order valence-electron chi connectivity index (χ1n) is 13.7. The molecule has 0 unspecified atom stereocenters. The van der Waals surface area contributed by atoms with Crippen molar-refractivity contribution in [3.63, 3.8) is 0 Å². The topological polar surface area (TPSA) is 169 Å². The van der Waals surface area contributed by atoms with Gasteiger partial charge in [0.05, 0.1) is 0 Å². The summed E-state index contributed by atoms with van der Waals surface area (Å²) >= 11 is 0. The lowest BCUT2D eigenvalue weighted by Gasteiger charge is -2.33. The molecule has 6 N–H and O–H groups in total. The zero-order valence-corrected chi connectivity index (χ0v) is 23.8. The highest BCUT2D eigenvalue weighted by molar-refractivity contribution is 5.94. The molecule has 2 aliphatic rings. The third-order valence-corrected chi connectivity index (χ3v) is 7.06. The van der Waals surface area contributed by atoms with Crippen molar-refractivity contribution in [2.24, 2.45) is 23.0 Å². The second-order valence-corrected chi connectivity index (χ2v) is 12.7. The molecule has 216 valence electrons. The molecule has 2 fully saturated rings. The molecule has 38 heavy (non-hydrogen) atoms. The molecule has 1 aliphatic carbocycles. The fourth-order valence-corrected chi connectivity index (χ4v) is 5.02. The summed E-state index contributed by atoms with van der Waals surface area (Å²) in [5.41, 5.74) is 4.14. The molecule has 0 aromatic carbocycles. The Morgan fingerprint density at radius 3 is 2.00 bits per heavy atom. The van der Waals surface area contributed by atoms with Crippen LogP contribution < -0.4 is 27.0 Å². The van der Waals surface area contributed by atoms with E-state index in [1.807, 2.05) is 0 Å². The lowest BCUT2D eigenvalue weighted by molar-refractivity contribution is -0.133. The van der Waals surface area contributed by atoms with Crippen molar-refractivity contribution < 1.29 is 28.7 Å². The van der Waals surface area contributed by atoms with E-state index < -0.39 is 58.9 Å². The van der Waals surface area contributed by atoms with Crippen molar-refractivity contribution in [3.05, 3.63) is 0 Å². The lowest BCUT2D eigenvalue weighted by atomic mass is 9.83. The van der Waals surface area contributed by atoms with Gasteiger partial charge in [0.1, 0.15) is 23.7 Å². The standard InChI is InChI=1S/C27H47N5O6/c1-26(2,3)20(32-25(37)38-27(4,5)6)24(36)31-19(14-16-10-8-7-9-11-16)23(35)30-18(21(28)33)15-17-12-13-29-22(17)34/h16-20H,7-15H2,1-6H3,(H2,28,33)(H,29,34)(H,30,35)(H,31,36)(H,32,37)/t17-,18-,19-,20+/m0/s1. The number of amides is 5. The number of hydrogen-bond acceptors (Lipinski definition) is 6. The number of ether oxygens (including phenoxy) is 1. The fraction of sp³-hybridized carbons (Fsp3) is 0.815. The number of rotatable bonds is 10. The van der Waals surface area contributed by atoms with Crippen molar-refractivity contribution in [2.75, 3.05) is 6.54 Å². The fourth-order valence-electron chi connectivity index (χ4n) is 5.02. The first-order valence-corrected chi connectivity index (χ1v) is 13.7. The molecule has 2 rings (SSSR count). The van der Waals surface area contributed by atoms with Crippen molar-refractivity contribution in [1.29, 1.82) is 0 Å². The van der Waals surface area contributed by atoms with Gasteiger partial charge in [-0.2, -0.15) is 0 Å². The monoisotopic (exact) mass is 537 g/mol. The summed E-state index contributed by atoms with van der Waals surface area (Å²) in [5, 5.41) is 10.9. The van der Waals surface area contributed by atoms with E-state index in [2.05, 4.69) is 21.3 Å². The van der Waals surface area contributed by atoms with Gasteiger partial charge in [0.25, 0.3) is 0 Å². The lowest BCUT2D eigenvalue weighted by Crippen LogP contribution is -2.59. The van der Waals surface area contributed by atoms with Crippen LogP contribution in [0.2, 0.25) is 0 Å². The molecule has 0 spiro atoms. The second kappa shape index (κ2) is 13.3. The molecule has 11 heteroatoms. The van der Waals surface area contributed by atoms with Gasteiger partial charge in [-0.15, -0.1) is 0 Å². The number of primary amides is 1. The molecule has 1 aliphatic heterocycles. The first-order chi connectivity index (χ1) is 17.6. The van der Waals surface area contributed by atoms with Gasteiger partial charge in [0.2, 0.25) is 23.6 Å². The molecular weight excluding hydrogens is 490 g/mol. The molecule has 0 aromatic rings. The molecule has 11 nitrogen and oxygen atoms in total. The zero-order chi connectivity index (χ0) is 28.7. The smallest absolute Gasteiger partial charge is 0.408 e. The Balaban J connectivity index is 2.20. The molecule has 1 saturated heterocycles. The Labute approximate surface area is 226 Å². The minimum atomic E-state index is -1.04. The van der Waals surface area contributed by atoms with Gasteiger partial charge in [-0.1, -0.05) is 52.9 Å². The molecule has 0 radical (unpaired) electrons. The van der Waals surface area contributed by atoms with Crippen LogP contribution in [0.3, 0.4) is 0 Å². The third-order valence-electron chi connectivity index (χ3n) is 7.06. The summed E-state index contributed by atoms with van der Waals surface area (Å²) < 4.78 is 5.35. The van der Waals surface area contributed by atoms with E-state index in [-0.39, 0.29) is 18.2 Å². The van der Waals surface area contributed by atoms with Gasteiger partial charge < -0.3 is 31.7 Å². The number of nitrogens with one attached hydrogen (secondary N) is 4. The average Bonchev–Trinajstić information content (AvgIpc) is 3.19. The van der Waals surface area contributed by atoms with Crippen LogP contribution in [0, 0.1) is 17.3 Å². The number of carbonyl (C=O) groups excluding carboxylic acids is 5. The third kappa shape index (κ3) is 10.1. The number of carbonyl (C=O) groups is 5. The van der Waals surface area contributed by atoms with Crippen LogP contribution in [0.25, 0.3) is 0 Å². The minimum Gasteiger partial charge on any atom is -0.444 e. The largest absolute Gasteiger partial charge is 0.444 e. The van der Waals surface area contributed by atoms with Crippen LogP contribution in [0.1, 0.15) is 92.9 Å². The number of hydrogen-bond donors (Lipinski definition) is 5. The molecule has 0 bridgehead atoms. The van der Waals surface area contributed by atoms with Crippen molar-refractivity contribution in [3.8, 4) is 0 Å². The maximum Gasteiger partial charge on any atom is 0.408 e. The zero-order valence-electron chi connectivity index (χ0n) is 23.8. The Morgan fingerprint density at radius 2 is 1.50 bits per heavy atom. The van der Waals surface area contributed by atoms with E-state index in [1.54, 1.807) is 41.5 Å². The van der Waals surface area contributed by atoms with Crippen molar-refractivity contribution >= 4 is 29.7 Å². The maximum atomic E-state index is 13.5. The van der Waals surface area contributed by atoms with Crippen LogP contribution in [0.4, 0.5) is 4.79 Å². The maximum absolute atomic E-state index is 13.5. The highest BCUT2D eigenvalue weighted by atomic mass is 16.6. The van der Waals surface area contributed by atoms with Gasteiger partial charge in [-0.05, 0) is 51.4 Å². The average molecular weight is 538 g/mol. The molecule has 5 amide bonds. The minimum absolute atomic E-state index is 0.0990. The van der Waals surface area contributed by atoms with Crippen molar-refractivity contribution in [1.82, 2.24) is 21.3 Å². The van der Waals surface area contributed by atoms with Crippen LogP contribution in [-0.2, 0) is 23.9 Å². The number of alkyl carbamates (subject to hydrolysis) is 1. The van der Waals surface area contributed by atoms with Crippen LogP contribution >= 0.6 is 0 Å². The molecule has 1 saturated carbocycles. The first kappa shape index (κ1) is 31.4. The van der Waals surface area contributed by atoms with Gasteiger partial charge in [-0.25, -0.2) is 4.79 Å². The van der Waals surface area contributed by atoms with E-state index >= 15 is 0 Å². The predicted molar refractivity (Wildman–Crippen MR) is 143 cm³/mol. The van der Waals surface area contributed by atoms with Gasteiger partial charge in [0, 0.05) is 12.5 Å². The predicted octanol–water partition coefficient (Wildman–Crippen LogP) is 1.88. The van der Waals surface area contributed by atoms with Crippen LogP contribution in [-0.4, -0.2) is 60.0 Å². The molecule has 0 aromatic heterocycles. The van der Waals surface area contributed by atoms with E-state index in [0.29, 0.717) is 19.4 Å². The number of nitrogens with two attached hydrogens (primary N) is 1. The summed E-state index contributed by atoms with van der Waals surface area (Å²) in [7, 11) is 0. The van der Waals surface area contributed by atoms with Gasteiger partial charge in [-0.3, -0.25) is 19.2 Å². The van der Waals surface area contributed by atoms with E-state index in [0.717, 1.165) is 32.1 Å². The van der Waals surface area contributed by atoms with E-state index in [1.165, 1.54) is 0 Å². The Bertz CT molecular complexity index is 872. The summed E-state index contributed by atoms with van der Waals surface area (Å²) in [5.74, 6) is -2.14. The normalized spacial score (nSPS) is 21.0. The Kier molecular flexibility index (Phi) is 11.0. The second-order valence-electron chi connectivity index (χ2n) is 12.7. The molecular formula is C27H47N5O6. The Morgan fingerprint density at radius 1 is 0.895 bits per heavy atom. The van der Waals surface area contributed by atoms with Gasteiger partial charge >= 0.3 is 6.09 Å². The van der Waals surface area contributed by atoms with E-state index in [9.17, 15) is 24.0 Å². The summed E-state index contributed by atoms with van der Waals surface area (Å²) in [6, 6.07) is -2.95. The van der Waals surface area contributed by atoms with Crippen molar-refractivity contribution in [2.45, 2.75) is 117 Å². The summed E-state index contributed by atoms with van der Waals surface area (Å²) in [6.07, 6.45) is 5.46. The van der Waals surface area contributed by atoms with Crippen LogP contribution in [0.5, 0.6) is 0 Å². The van der Waals surface area contributed by atoms with E-state index in [4.69, 9.17) is 10.5 Å². The van der Waals surface area contributed by atoms with Crippen LogP contribution in [0.15, 0.2) is 0 Å². The Hall–Kier alpha value is -2.85. The summed E-state index contributed by atoms with van der Waals surface area (Å²) in [4.78, 5) is 63.6. The highest BCUT2D eigenvalue weighted by Crippen LogP contribution is 2.28. The SMILES string of the molecule is CC(C)(C)OC(=O)N[C@H](C(=O)N[C@@H](CC1CCCCC1)C(=O)N[C@@H](C[C@@H]1CCNC1=O)C(N)=O)C(C)(C)C. The highest BCUT2D eigenvalue weighted by Gasteiger charge is 2.38. The quantitative estimate of drug-likeness (QED) is 0.285.